The van der Waals surface area contributed by atoms with Gasteiger partial charge in [-0.25, -0.2) is 9.97 Å². The van der Waals surface area contributed by atoms with Crippen LogP contribution < -0.4 is 5.32 Å². The van der Waals surface area contributed by atoms with Crippen LogP contribution in [0.5, 0.6) is 0 Å². The van der Waals surface area contributed by atoms with Gasteiger partial charge in [-0.3, -0.25) is 0 Å². The second-order valence-corrected chi connectivity index (χ2v) is 4.38. The van der Waals surface area contributed by atoms with Crippen LogP contribution >= 0.6 is 0 Å². The number of morpholine rings is 1. The normalized spacial score (nSPS) is 23.5. The highest BCUT2D eigenvalue weighted by Crippen LogP contribution is 2.20. The summed E-state index contributed by atoms with van der Waals surface area (Å²) in [6, 6.07) is 0.170. The van der Waals surface area contributed by atoms with E-state index >= 15 is 0 Å². The first-order chi connectivity index (χ1) is 8.31. The van der Waals surface area contributed by atoms with E-state index in [9.17, 15) is 0 Å². The molecule has 2 rings (SSSR count). The van der Waals surface area contributed by atoms with Gasteiger partial charge in [0.25, 0.3) is 0 Å². The lowest BCUT2D eigenvalue weighted by Gasteiger charge is -2.35. The highest BCUT2D eigenvalue weighted by Gasteiger charge is 2.27. The number of ether oxygens (including phenoxy) is 1. The van der Waals surface area contributed by atoms with Gasteiger partial charge in [-0.1, -0.05) is 6.92 Å². The average Bonchev–Trinajstić information content (AvgIpc) is 2.37. The van der Waals surface area contributed by atoms with Crippen LogP contribution in [-0.4, -0.2) is 54.3 Å². The van der Waals surface area contributed by atoms with Gasteiger partial charge in [0.05, 0.1) is 18.8 Å². The van der Waals surface area contributed by atoms with Crippen LogP contribution in [-0.2, 0) is 4.74 Å². The van der Waals surface area contributed by atoms with Crippen molar-refractivity contribution in [3.05, 3.63) is 24.3 Å². The first-order valence-electron chi connectivity index (χ1n) is 6.09. The zero-order valence-electron chi connectivity index (χ0n) is 10.5. The molecule has 1 aromatic rings. The van der Waals surface area contributed by atoms with Gasteiger partial charge in [0, 0.05) is 31.0 Å². The van der Waals surface area contributed by atoms with Crippen LogP contribution in [0.2, 0.25) is 0 Å². The van der Waals surface area contributed by atoms with Crippen LogP contribution in [0.15, 0.2) is 18.7 Å². The molecule has 2 heterocycles. The van der Waals surface area contributed by atoms with E-state index in [1.807, 2.05) is 12.4 Å². The lowest BCUT2D eigenvalue weighted by Crippen LogP contribution is -2.46. The summed E-state index contributed by atoms with van der Waals surface area (Å²) in [5, 5.41) is 3.46. The maximum absolute atomic E-state index is 5.86. The largest absolute Gasteiger partial charge is 0.374 e. The van der Waals surface area contributed by atoms with Crippen molar-refractivity contribution in [2.24, 2.45) is 0 Å². The molecule has 2 atom stereocenters. The molecule has 2 unspecified atom stereocenters. The van der Waals surface area contributed by atoms with E-state index in [1.54, 1.807) is 6.33 Å². The summed E-state index contributed by atoms with van der Waals surface area (Å²) in [6.45, 7) is 5.73. The molecule has 0 aliphatic carbocycles. The molecule has 1 saturated heterocycles. The van der Waals surface area contributed by atoms with E-state index in [1.165, 1.54) is 0 Å². The Kier molecular flexibility index (Phi) is 4.42. The Labute approximate surface area is 102 Å². The molecule has 0 saturated carbocycles. The number of nitrogens with zero attached hydrogens (tertiary/aromatic N) is 3. The fourth-order valence-corrected chi connectivity index (χ4v) is 2.17. The van der Waals surface area contributed by atoms with Gasteiger partial charge in [-0.05, 0) is 13.6 Å². The molecule has 0 bridgehead atoms. The average molecular weight is 236 g/mol. The van der Waals surface area contributed by atoms with Crippen LogP contribution in [0.1, 0.15) is 18.5 Å². The van der Waals surface area contributed by atoms with Crippen molar-refractivity contribution >= 4 is 0 Å². The van der Waals surface area contributed by atoms with Crippen LogP contribution in [0.25, 0.3) is 0 Å². The lowest BCUT2D eigenvalue weighted by molar-refractivity contribution is -0.0391. The monoisotopic (exact) mass is 236 g/mol. The molecule has 5 nitrogen and oxygen atoms in total. The van der Waals surface area contributed by atoms with Gasteiger partial charge in [-0.15, -0.1) is 0 Å². The molecule has 17 heavy (non-hydrogen) atoms. The van der Waals surface area contributed by atoms with Crippen molar-refractivity contribution in [2.75, 3.05) is 33.3 Å². The maximum atomic E-state index is 5.86. The van der Waals surface area contributed by atoms with Gasteiger partial charge in [0.2, 0.25) is 0 Å². The number of likely N-dealkylation sites (N-methyl/N-ethyl adjacent to an activating group) is 2. The summed E-state index contributed by atoms with van der Waals surface area (Å²) in [4.78, 5) is 10.5. The van der Waals surface area contributed by atoms with Crippen molar-refractivity contribution < 1.29 is 4.74 Å². The Hall–Kier alpha value is -1.04. The van der Waals surface area contributed by atoms with E-state index in [-0.39, 0.29) is 12.1 Å². The highest BCUT2D eigenvalue weighted by molar-refractivity contribution is 5.12. The molecule has 0 aromatic carbocycles. The molecule has 94 valence electrons. The molecule has 0 spiro atoms. The molecule has 1 aliphatic heterocycles. The molecule has 1 aromatic heterocycles. The summed E-state index contributed by atoms with van der Waals surface area (Å²) in [7, 11) is 2.13. The standard InChI is InChI=1S/C12H20N4O/c1-3-15-12(10-6-13-9-14-7-10)11-8-16(2)4-5-17-11/h6-7,9,11-12,15H,3-5,8H2,1-2H3. The summed E-state index contributed by atoms with van der Waals surface area (Å²) < 4.78 is 5.86. The molecular formula is C12H20N4O. The zero-order chi connectivity index (χ0) is 12.1. The Morgan fingerprint density at radius 1 is 1.53 bits per heavy atom. The molecule has 0 radical (unpaired) electrons. The van der Waals surface area contributed by atoms with Crippen LogP contribution in [0.4, 0.5) is 0 Å². The summed E-state index contributed by atoms with van der Waals surface area (Å²) in [6.07, 6.45) is 5.44. The van der Waals surface area contributed by atoms with E-state index in [0.717, 1.165) is 31.8 Å². The predicted molar refractivity (Wildman–Crippen MR) is 65.7 cm³/mol. The zero-order valence-corrected chi connectivity index (χ0v) is 10.5. The molecule has 1 N–H and O–H groups in total. The van der Waals surface area contributed by atoms with Gasteiger partial charge in [0.1, 0.15) is 6.33 Å². The molecule has 1 aliphatic rings. The summed E-state index contributed by atoms with van der Waals surface area (Å²) >= 11 is 0. The second kappa shape index (κ2) is 6.05. The Morgan fingerprint density at radius 3 is 2.94 bits per heavy atom. The quantitative estimate of drug-likeness (QED) is 0.823. The van der Waals surface area contributed by atoms with E-state index in [0.29, 0.717) is 0 Å². The van der Waals surface area contributed by atoms with E-state index in [2.05, 4.69) is 34.2 Å². The first-order valence-corrected chi connectivity index (χ1v) is 6.09. The predicted octanol–water partition coefficient (Wildman–Crippen LogP) is 0.458. The third-order valence-electron chi connectivity index (χ3n) is 3.03. The first kappa shape index (κ1) is 12.4. The fraction of sp³-hybridized carbons (Fsp3) is 0.667. The molecule has 0 amide bonds. The fourth-order valence-electron chi connectivity index (χ4n) is 2.17. The number of hydrogen-bond acceptors (Lipinski definition) is 5. The van der Waals surface area contributed by atoms with Gasteiger partial charge >= 0.3 is 0 Å². The lowest BCUT2D eigenvalue weighted by atomic mass is 10.0. The minimum atomic E-state index is 0.166. The third-order valence-corrected chi connectivity index (χ3v) is 3.03. The van der Waals surface area contributed by atoms with Gasteiger partial charge < -0.3 is 15.0 Å². The number of aromatic nitrogens is 2. The van der Waals surface area contributed by atoms with Crippen molar-refractivity contribution in [3.8, 4) is 0 Å². The van der Waals surface area contributed by atoms with Crippen molar-refractivity contribution in [2.45, 2.75) is 19.1 Å². The van der Waals surface area contributed by atoms with Gasteiger partial charge in [0.15, 0.2) is 0 Å². The molecule has 1 fully saturated rings. The minimum absolute atomic E-state index is 0.166. The number of rotatable bonds is 4. The van der Waals surface area contributed by atoms with Crippen molar-refractivity contribution in [1.82, 2.24) is 20.2 Å². The minimum Gasteiger partial charge on any atom is -0.374 e. The number of hydrogen-bond donors (Lipinski definition) is 1. The third kappa shape index (κ3) is 3.21. The van der Waals surface area contributed by atoms with Crippen molar-refractivity contribution in [1.29, 1.82) is 0 Å². The maximum Gasteiger partial charge on any atom is 0.115 e. The Balaban J connectivity index is 2.11. The van der Waals surface area contributed by atoms with Crippen molar-refractivity contribution in [3.63, 3.8) is 0 Å². The van der Waals surface area contributed by atoms with Gasteiger partial charge in [-0.2, -0.15) is 0 Å². The smallest absolute Gasteiger partial charge is 0.115 e. The molecule has 5 heteroatoms. The van der Waals surface area contributed by atoms with Crippen LogP contribution in [0.3, 0.4) is 0 Å². The van der Waals surface area contributed by atoms with E-state index < -0.39 is 0 Å². The Morgan fingerprint density at radius 2 is 2.29 bits per heavy atom. The number of nitrogens with one attached hydrogen (secondary N) is 1. The topological polar surface area (TPSA) is 50.3 Å². The highest BCUT2D eigenvalue weighted by atomic mass is 16.5. The van der Waals surface area contributed by atoms with E-state index in [4.69, 9.17) is 4.74 Å². The molecular weight excluding hydrogens is 216 g/mol. The Bertz CT molecular complexity index is 333. The summed E-state index contributed by atoms with van der Waals surface area (Å²) in [5.74, 6) is 0. The second-order valence-electron chi connectivity index (χ2n) is 4.38. The SMILES string of the molecule is CCNC(c1cncnc1)C1CN(C)CCO1. The summed E-state index contributed by atoms with van der Waals surface area (Å²) in [5.41, 5.74) is 1.09. The van der Waals surface area contributed by atoms with Crippen LogP contribution in [0, 0.1) is 0 Å².